The van der Waals surface area contributed by atoms with Gasteiger partial charge in [-0.25, -0.2) is 0 Å². The molecule has 4 saturated heterocycles. The summed E-state index contributed by atoms with van der Waals surface area (Å²) < 4.78 is 47.5. The van der Waals surface area contributed by atoms with Crippen LogP contribution in [0.2, 0.25) is 0 Å². The third-order valence-corrected chi connectivity index (χ3v) is 22.2. The lowest BCUT2D eigenvalue weighted by molar-refractivity contribution is -0.182. The summed E-state index contributed by atoms with van der Waals surface area (Å²) in [6, 6.07) is -11.3. The summed E-state index contributed by atoms with van der Waals surface area (Å²) in [4.78, 5) is 190. The first kappa shape index (κ1) is 79.7. The number of amides is 12. The van der Waals surface area contributed by atoms with Crippen LogP contribution >= 0.6 is 11.6 Å². The van der Waals surface area contributed by atoms with E-state index >= 15 is 14.4 Å². The highest BCUT2D eigenvalue weighted by Gasteiger charge is 2.52. The smallest absolute Gasteiger partial charge is 0.379 e. The molecule has 6 aliphatic rings. The number of ether oxygens (including phenoxy) is 1. The molecule has 6 rings (SSSR count). The van der Waals surface area contributed by atoms with Crippen LogP contribution in [0.25, 0.3) is 0 Å². The van der Waals surface area contributed by atoms with Gasteiger partial charge in [0.15, 0.2) is 0 Å². The molecule has 2 saturated carbocycles. The molecule has 2 aliphatic carbocycles. The summed E-state index contributed by atoms with van der Waals surface area (Å²) in [5.41, 5.74) is -1.57. The summed E-state index contributed by atoms with van der Waals surface area (Å²) in [6.07, 6.45) is -1.37. The van der Waals surface area contributed by atoms with Crippen molar-refractivity contribution in [1.29, 1.82) is 0 Å². The van der Waals surface area contributed by atoms with E-state index in [0.717, 1.165) is 16.2 Å². The van der Waals surface area contributed by atoms with Gasteiger partial charge in [0.2, 0.25) is 70.9 Å². The number of alkyl halides is 4. The second kappa shape index (κ2) is 34.2. The van der Waals surface area contributed by atoms with Crippen LogP contribution in [0.15, 0.2) is 0 Å². The highest BCUT2D eigenvalue weighted by molar-refractivity contribution is 6.21. The summed E-state index contributed by atoms with van der Waals surface area (Å²) in [5.74, 6) is -11.3. The van der Waals surface area contributed by atoms with Gasteiger partial charge in [-0.2, -0.15) is 13.2 Å². The van der Waals surface area contributed by atoms with Crippen molar-refractivity contribution in [1.82, 2.24) is 60.0 Å². The Morgan fingerprint density at radius 2 is 1.28 bits per heavy atom. The van der Waals surface area contributed by atoms with Gasteiger partial charge in [0.1, 0.15) is 59.9 Å². The second-order valence-electron chi connectivity index (χ2n) is 29.2. The molecule has 25 nitrogen and oxygen atoms in total. The van der Waals surface area contributed by atoms with E-state index in [1.54, 1.807) is 32.6 Å². The summed E-state index contributed by atoms with van der Waals surface area (Å²) >= 11 is 6.37. The van der Waals surface area contributed by atoms with Gasteiger partial charge in [-0.3, -0.25) is 57.5 Å². The Hall–Kier alpha value is -6.32. The van der Waals surface area contributed by atoms with Crippen molar-refractivity contribution in [2.45, 2.75) is 249 Å². The average Bonchev–Trinajstić information content (AvgIpc) is 1.76. The minimum absolute atomic E-state index is 0.0161. The Morgan fingerprint density at radius 1 is 0.649 bits per heavy atom. The minimum atomic E-state index is -4.52. The van der Waals surface area contributed by atoms with E-state index in [1.165, 1.54) is 85.7 Å². The third-order valence-electron chi connectivity index (χ3n) is 21.7. The van der Waals surface area contributed by atoms with Crippen molar-refractivity contribution in [3.05, 3.63) is 0 Å². The number of hydrogen-bond donors (Lipinski definition) is 3. The molecule has 4 heterocycles. The van der Waals surface area contributed by atoms with Gasteiger partial charge in [-0.05, 0) is 127 Å². The van der Waals surface area contributed by atoms with Crippen LogP contribution in [0.3, 0.4) is 0 Å². The maximum atomic E-state index is 15.4. The third kappa shape index (κ3) is 18.6. The first-order chi connectivity index (χ1) is 45.4. The Morgan fingerprint density at radius 3 is 1.84 bits per heavy atom. The van der Waals surface area contributed by atoms with Crippen LogP contribution in [0.5, 0.6) is 0 Å². The fourth-order valence-electron chi connectivity index (χ4n) is 15.1. The Balaban J connectivity index is 1.41. The molecular formula is C68H110ClF3N12O13. The van der Waals surface area contributed by atoms with Crippen LogP contribution in [0.4, 0.5) is 13.2 Å². The molecule has 0 bridgehead atoms. The molecule has 1 spiro atoms. The molecule has 3 N–H and O–H groups in total. The minimum Gasteiger partial charge on any atom is -0.379 e. The fourth-order valence-corrected chi connectivity index (χ4v) is 15.6. The number of halogens is 4. The van der Waals surface area contributed by atoms with Crippen LogP contribution in [-0.2, 0) is 62.3 Å². The van der Waals surface area contributed by atoms with Crippen molar-refractivity contribution < 1.29 is 75.4 Å². The maximum absolute atomic E-state index is 15.4. The van der Waals surface area contributed by atoms with E-state index in [9.17, 15) is 56.3 Å². The SMILES string of the molecule is CC[C@H](C)[C@@H]1NC(=O)[C@H](CC(C)C)N(C)C(=O)C[C@@H](C(=O)N2CCCCC2)N(C)C(=O)[C@H](C(C)C)N(C)C(=O)C2(CCCC2)NC(=O)[C@@H]2CCCN2C(=O)[C@H](CCC2CCC(C(F)(F)F)C(Cl)C2)NC(=O)CN(C)C(=O)[C@H]([C@@H](C)OC)N(C)C(=O)[C@@H]2CCN2C(=O)[C@H](C)N(C)C1=O. The summed E-state index contributed by atoms with van der Waals surface area (Å²) in [7, 11) is 9.71. The van der Waals surface area contributed by atoms with Crippen molar-refractivity contribution in [3.8, 4) is 0 Å². The van der Waals surface area contributed by atoms with Crippen molar-refractivity contribution in [3.63, 3.8) is 0 Å². The molecule has 14 atom stereocenters. The fraction of sp³-hybridized carbons (Fsp3) is 0.824. The predicted octanol–water partition coefficient (Wildman–Crippen LogP) is 4.16. The molecule has 548 valence electrons. The standard InChI is InChI=1S/C68H110ClF3N12O13/c1-16-41(6)54-63(93)77(10)42(7)59(89)84-34-28-49(84)61(91)80(13)56(43(8)97-15)64(94)76(9)38-52(85)73-47(27-25-44-24-26-45(46(69)36-44)68(70,71)72)60(90)83-33-22-23-48(83)58(88)75-67(29-18-19-30-67)66(96)81(14)55(40(4)5)65(95)79(12)51(62(92)82-31-20-17-21-32-82)37-53(86)78(11)50(35-39(2)3)57(87)74-54/h39-51,54-56H,16-38H2,1-15H3,(H,73,85)(H,74,87)(H,75,88)/t41-,42-,43+,44?,45?,46?,47-,48-,49-,50-,51-,54-,55-,56-/m0/s1. The Bertz CT molecular complexity index is 2860. The first-order valence-electron chi connectivity index (χ1n) is 35.1. The van der Waals surface area contributed by atoms with Gasteiger partial charge in [-0.1, -0.05) is 60.8 Å². The van der Waals surface area contributed by atoms with Gasteiger partial charge in [0.05, 0.1) is 25.0 Å². The van der Waals surface area contributed by atoms with Gasteiger partial charge in [0, 0.05) is 81.0 Å². The van der Waals surface area contributed by atoms with E-state index in [2.05, 4.69) is 16.0 Å². The van der Waals surface area contributed by atoms with Gasteiger partial charge in [0.25, 0.3) is 0 Å². The number of likely N-dealkylation sites (tertiary alicyclic amines) is 1. The van der Waals surface area contributed by atoms with E-state index in [0.29, 0.717) is 51.6 Å². The number of nitrogens with one attached hydrogen (secondary N) is 3. The monoisotopic (exact) mass is 1390 g/mol. The molecule has 0 aromatic heterocycles. The van der Waals surface area contributed by atoms with Crippen LogP contribution < -0.4 is 16.0 Å². The van der Waals surface area contributed by atoms with Crippen molar-refractivity contribution in [2.24, 2.45) is 29.6 Å². The highest BCUT2D eigenvalue weighted by atomic mass is 35.5. The quantitative estimate of drug-likeness (QED) is 0.246. The van der Waals surface area contributed by atoms with Crippen LogP contribution in [0, 0.1) is 29.6 Å². The molecule has 6 fully saturated rings. The summed E-state index contributed by atoms with van der Waals surface area (Å²) in [6.45, 7) is 14.0. The van der Waals surface area contributed by atoms with Crippen molar-refractivity contribution >= 4 is 82.5 Å². The van der Waals surface area contributed by atoms with Crippen LogP contribution in [-0.4, -0.2) is 275 Å². The molecular weight excluding hydrogens is 1290 g/mol. The van der Waals surface area contributed by atoms with Gasteiger partial charge < -0.3 is 64.8 Å². The maximum Gasteiger partial charge on any atom is 0.393 e. The lowest BCUT2D eigenvalue weighted by atomic mass is 9.78. The zero-order chi connectivity index (χ0) is 72.5. The predicted molar refractivity (Wildman–Crippen MR) is 355 cm³/mol. The number of fused-ring (bicyclic) bond motifs is 2. The number of hydrogen-bond acceptors (Lipinski definition) is 13. The lowest BCUT2D eigenvalue weighted by Crippen LogP contribution is -2.66. The molecule has 12 amide bonds. The zero-order valence-electron chi connectivity index (χ0n) is 59.8. The Labute approximate surface area is 575 Å². The second-order valence-corrected chi connectivity index (χ2v) is 29.7. The first-order valence-corrected chi connectivity index (χ1v) is 35.5. The number of nitrogens with zero attached hydrogens (tertiary/aromatic N) is 9. The van der Waals surface area contributed by atoms with Crippen molar-refractivity contribution in [2.75, 3.05) is 82.1 Å². The van der Waals surface area contributed by atoms with Gasteiger partial charge >= 0.3 is 6.18 Å². The molecule has 3 unspecified atom stereocenters. The molecule has 0 aromatic carbocycles. The van der Waals surface area contributed by atoms with E-state index < -0.39 is 179 Å². The van der Waals surface area contributed by atoms with E-state index in [-0.39, 0.29) is 89.1 Å². The number of methoxy groups -OCH3 is 1. The Kier molecular flexibility index (Phi) is 28.1. The number of rotatable bonds is 11. The van der Waals surface area contributed by atoms with Crippen LogP contribution in [0.1, 0.15) is 171 Å². The van der Waals surface area contributed by atoms with Gasteiger partial charge in [-0.15, -0.1) is 11.6 Å². The summed E-state index contributed by atoms with van der Waals surface area (Å²) in [5, 5.41) is 7.48. The molecule has 97 heavy (non-hydrogen) atoms. The number of carbonyl (C=O) groups excluding carboxylic acids is 12. The number of piperidine rings is 1. The number of likely N-dealkylation sites (N-methyl/N-ethyl adjacent to an activating group) is 6. The lowest BCUT2D eigenvalue weighted by Gasteiger charge is -2.45. The molecule has 4 aliphatic heterocycles. The van der Waals surface area contributed by atoms with E-state index in [1.807, 2.05) is 20.8 Å². The highest BCUT2D eigenvalue weighted by Crippen LogP contribution is 2.44. The topological polar surface area (TPSA) is 279 Å². The normalized spacial score (nSPS) is 30.8. The van der Waals surface area contributed by atoms with E-state index in [4.69, 9.17) is 16.3 Å². The molecule has 29 heteroatoms. The average molecular weight is 1400 g/mol. The zero-order valence-corrected chi connectivity index (χ0v) is 60.6. The largest absolute Gasteiger partial charge is 0.393 e. The molecule has 0 radical (unpaired) electrons. The number of carbonyl (C=O) groups is 12. The molecule has 0 aromatic rings.